The normalized spacial score (nSPS) is 9.70. The Morgan fingerprint density at radius 3 is 2.75 bits per heavy atom. The maximum Gasteiger partial charge on any atom is 0.227 e. The minimum absolute atomic E-state index is 0.437. The summed E-state index contributed by atoms with van der Waals surface area (Å²) in [4.78, 5) is 8.33. The summed E-state index contributed by atoms with van der Waals surface area (Å²) in [6.07, 6.45) is 1.67. The van der Waals surface area contributed by atoms with Crippen LogP contribution in [0.1, 0.15) is 11.1 Å². The molecule has 1 aromatic heterocycles. The van der Waals surface area contributed by atoms with Gasteiger partial charge in [-0.15, -0.1) is 0 Å². The van der Waals surface area contributed by atoms with E-state index in [0.29, 0.717) is 28.9 Å². The van der Waals surface area contributed by atoms with Crippen molar-refractivity contribution in [3.05, 3.63) is 35.5 Å². The van der Waals surface area contributed by atoms with Crippen LogP contribution in [0, 0.1) is 18.3 Å². The summed E-state index contributed by atoms with van der Waals surface area (Å²) < 4.78 is 11.0. The molecule has 6 nitrogen and oxygen atoms in total. The zero-order valence-corrected chi connectivity index (χ0v) is 11.5. The van der Waals surface area contributed by atoms with Crippen LogP contribution in [0.4, 0.5) is 5.95 Å². The van der Waals surface area contributed by atoms with E-state index in [4.69, 9.17) is 14.7 Å². The summed E-state index contributed by atoms with van der Waals surface area (Å²) >= 11 is 0. The third kappa shape index (κ3) is 2.78. The summed E-state index contributed by atoms with van der Waals surface area (Å²) in [6, 6.07) is 7.01. The van der Waals surface area contributed by atoms with Crippen molar-refractivity contribution in [3.63, 3.8) is 0 Å². The second-order valence-corrected chi connectivity index (χ2v) is 4.01. The number of hydrogen-bond donors (Lipinski definition) is 1. The highest BCUT2D eigenvalue weighted by Gasteiger charge is 2.10. The van der Waals surface area contributed by atoms with Crippen LogP contribution in [0.2, 0.25) is 0 Å². The van der Waals surface area contributed by atoms with Crippen LogP contribution in [0.25, 0.3) is 0 Å². The molecule has 20 heavy (non-hydrogen) atoms. The number of aryl methyl sites for hydroxylation is 1. The quantitative estimate of drug-likeness (QED) is 0.919. The number of nitrogens with zero attached hydrogens (tertiary/aromatic N) is 3. The molecular formula is C14H14N4O2. The third-order valence-electron chi connectivity index (χ3n) is 2.65. The Morgan fingerprint density at radius 2 is 2.10 bits per heavy atom. The topological polar surface area (TPSA) is 80.1 Å². The van der Waals surface area contributed by atoms with E-state index < -0.39 is 0 Å². The van der Waals surface area contributed by atoms with E-state index in [2.05, 4.69) is 21.4 Å². The average molecular weight is 270 g/mol. The molecule has 0 radical (unpaired) electrons. The van der Waals surface area contributed by atoms with Gasteiger partial charge >= 0.3 is 0 Å². The number of hydrogen-bond acceptors (Lipinski definition) is 6. The van der Waals surface area contributed by atoms with Crippen molar-refractivity contribution in [3.8, 4) is 23.4 Å². The van der Waals surface area contributed by atoms with Crippen LogP contribution in [0.3, 0.4) is 0 Å². The number of methoxy groups -OCH3 is 1. The lowest BCUT2D eigenvalue weighted by Gasteiger charge is -2.11. The van der Waals surface area contributed by atoms with Crippen LogP contribution < -0.4 is 14.8 Å². The van der Waals surface area contributed by atoms with Crippen molar-refractivity contribution >= 4 is 5.95 Å². The lowest BCUT2D eigenvalue weighted by Crippen LogP contribution is -2.00. The third-order valence-corrected chi connectivity index (χ3v) is 2.65. The van der Waals surface area contributed by atoms with E-state index in [1.165, 1.54) is 7.11 Å². The first-order chi connectivity index (χ1) is 9.67. The highest BCUT2D eigenvalue weighted by molar-refractivity contribution is 5.48. The fourth-order valence-electron chi connectivity index (χ4n) is 1.58. The van der Waals surface area contributed by atoms with E-state index in [9.17, 15) is 0 Å². The van der Waals surface area contributed by atoms with Gasteiger partial charge in [0.05, 0.1) is 18.7 Å². The Kier molecular flexibility index (Phi) is 4.01. The minimum Gasteiger partial charge on any atom is -0.493 e. The van der Waals surface area contributed by atoms with Crippen LogP contribution in [0.5, 0.6) is 17.4 Å². The molecular weight excluding hydrogens is 256 g/mol. The molecule has 1 aromatic carbocycles. The fraction of sp³-hybridized carbons (Fsp3) is 0.214. The number of anilines is 1. The molecule has 0 spiro atoms. The van der Waals surface area contributed by atoms with Gasteiger partial charge in [0.25, 0.3) is 0 Å². The Bertz CT molecular complexity index is 665. The molecule has 0 bridgehead atoms. The van der Waals surface area contributed by atoms with Gasteiger partial charge in [0, 0.05) is 24.9 Å². The molecule has 0 aliphatic rings. The van der Waals surface area contributed by atoms with Gasteiger partial charge in [0.1, 0.15) is 0 Å². The molecule has 1 heterocycles. The van der Waals surface area contributed by atoms with Crippen LogP contribution in [-0.2, 0) is 0 Å². The summed E-state index contributed by atoms with van der Waals surface area (Å²) in [5, 5.41) is 11.7. The van der Waals surface area contributed by atoms with Crippen LogP contribution in [0.15, 0.2) is 24.4 Å². The van der Waals surface area contributed by atoms with Gasteiger partial charge in [0.2, 0.25) is 11.8 Å². The summed E-state index contributed by atoms with van der Waals surface area (Å²) in [5.74, 6) is 1.88. The van der Waals surface area contributed by atoms with Gasteiger partial charge in [-0.3, -0.25) is 0 Å². The SMILES string of the molecule is CNc1ncc(C)c(Oc2ccc(C#N)cc2OC)n1. The van der Waals surface area contributed by atoms with E-state index in [0.717, 1.165) is 5.56 Å². The molecule has 1 N–H and O–H groups in total. The number of aromatic nitrogens is 2. The Balaban J connectivity index is 2.37. The molecule has 2 rings (SSSR count). The molecule has 0 saturated heterocycles. The molecule has 0 saturated carbocycles. The first kappa shape index (κ1) is 13.6. The molecule has 0 aliphatic heterocycles. The van der Waals surface area contributed by atoms with Gasteiger partial charge < -0.3 is 14.8 Å². The summed E-state index contributed by atoms with van der Waals surface area (Å²) in [6.45, 7) is 1.85. The molecule has 0 unspecified atom stereocenters. The minimum atomic E-state index is 0.437. The Labute approximate surface area is 117 Å². The van der Waals surface area contributed by atoms with E-state index in [1.807, 2.05) is 6.92 Å². The molecule has 6 heteroatoms. The predicted molar refractivity (Wildman–Crippen MR) is 74.1 cm³/mol. The van der Waals surface area contributed by atoms with Gasteiger partial charge in [-0.05, 0) is 19.1 Å². The van der Waals surface area contributed by atoms with Gasteiger partial charge in [-0.25, -0.2) is 4.98 Å². The predicted octanol–water partition coefficient (Wildman–Crippen LogP) is 2.50. The maximum atomic E-state index is 8.88. The summed E-state index contributed by atoms with van der Waals surface area (Å²) in [7, 11) is 3.26. The number of ether oxygens (including phenoxy) is 2. The zero-order chi connectivity index (χ0) is 14.5. The lowest BCUT2D eigenvalue weighted by atomic mass is 10.2. The van der Waals surface area contributed by atoms with Crippen molar-refractivity contribution < 1.29 is 9.47 Å². The summed E-state index contributed by atoms with van der Waals surface area (Å²) in [5.41, 5.74) is 1.31. The van der Waals surface area contributed by atoms with Crippen molar-refractivity contribution in [2.75, 3.05) is 19.5 Å². The molecule has 0 fully saturated rings. The first-order valence-corrected chi connectivity index (χ1v) is 5.95. The monoisotopic (exact) mass is 270 g/mol. The van der Waals surface area contributed by atoms with Gasteiger partial charge in [-0.2, -0.15) is 10.2 Å². The highest BCUT2D eigenvalue weighted by Crippen LogP contribution is 2.32. The largest absolute Gasteiger partial charge is 0.493 e. The molecule has 0 atom stereocenters. The molecule has 0 aliphatic carbocycles. The number of nitriles is 1. The maximum absolute atomic E-state index is 8.88. The Morgan fingerprint density at radius 1 is 1.30 bits per heavy atom. The van der Waals surface area contributed by atoms with Gasteiger partial charge in [-0.1, -0.05) is 0 Å². The highest BCUT2D eigenvalue weighted by atomic mass is 16.5. The molecule has 102 valence electrons. The number of rotatable bonds is 4. The van der Waals surface area contributed by atoms with Crippen molar-refractivity contribution in [2.45, 2.75) is 6.92 Å². The average Bonchev–Trinajstić information content (AvgIpc) is 2.49. The van der Waals surface area contributed by atoms with Crippen LogP contribution >= 0.6 is 0 Å². The zero-order valence-electron chi connectivity index (χ0n) is 11.5. The smallest absolute Gasteiger partial charge is 0.227 e. The standard InChI is InChI=1S/C14H14N4O2/c1-9-8-17-14(16-2)18-13(9)20-11-5-4-10(7-15)6-12(11)19-3/h4-6,8H,1-3H3,(H,16,17,18). The number of benzene rings is 1. The second-order valence-electron chi connectivity index (χ2n) is 4.01. The van der Waals surface area contributed by atoms with Crippen LogP contribution in [-0.4, -0.2) is 24.1 Å². The molecule has 2 aromatic rings. The van der Waals surface area contributed by atoms with E-state index in [-0.39, 0.29) is 0 Å². The van der Waals surface area contributed by atoms with Crippen molar-refractivity contribution in [1.29, 1.82) is 5.26 Å². The van der Waals surface area contributed by atoms with Crippen molar-refractivity contribution in [2.24, 2.45) is 0 Å². The lowest BCUT2D eigenvalue weighted by molar-refractivity contribution is 0.373. The first-order valence-electron chi connectivity index (χ1n) is 5.95. The second kappa shape index (κ2) is 5.89. The number of nitrogens with one attached hydrogen (secondary N) is 1. The Hall–Kier alpha value is -2.81. The van der Waals surface area contributed by atoms with E-state index in [1.54, 1.807) is 31.4 Å². The molecule has 0 amide bonds. The fourth-order valence-corrected chi connectivity index (χ4v) is 1.58. The van der Waals surface area contributed by atoms with E-state index >= 15 is 0 Å². The van der Waals surface area contributed by atoms with Crippen molar-refractivity contribution in [1.82, 2.24) is 9.97 Å². The van der Waals surface area contributed by atoms with Gasteiger partial charge in [0.15, 0.2) is 11.5 Å².